The molecule has 3 fully saturated rings. The van der Waals surface area contributed by atoms with Crippen LogP contribution in [-0.4, -0.2) is 28.8 Å². The van der Waals surface area contributed by atoms with Crippen LogP contribution in [0.25, 0.3) is 6.08 Å². The van der Waals surface area contributed by atoms with Crippen molar-refractivity contribution in [2.45, 2.75) is 19.8 Å². The number of ketones is 1. The zero-order chi connectivity index (χ0) is 11.8. The average Bonchev–Trinajstić information content (AvgIpc) is 2.36. The molecule has 3 aliphatic heterocycles. The van der Waals surface area contributed by atoms with E-state index in [1.165, 1.54) is 0 Å². The van der Waals surface area contributed by atoms with E-state index in [4.69, 9.17) is 0 Å². The van der Waals surface area contributed by atoms with Crippen molar-refractivity contribution in [1.29, 1.82) is 0 Å². The Kier molecular flexibility index (Phi) is 2.46. The summed E-state index contributed by atoms with van der Waals surface area (Å²) >= 11 is 0. The topological polar surface area (TPSA) is 33.2 Å². The molecular formula is C14H16N2O. The number of rotatable bonds is 1. The first-order valence-electron chi connectivity index (χ1n) is 6.18. The van der Waals surface area contributed by atoms with Crippen molar-refractivity contribution in [1.82, 2.24) is 9.88 Å². The third-order valence-corrected chi connectivity index (χ3v) is 3.78. The molecule has 4 rings (SSSR count). The van der Waals surface area contributed by atoms with Gasteiger partial charge in [0.1, 0.15) is 0 Å². The smallest absolute Gasteiger partial charge is 0.182 e. The first-order valence-corrected chi connectivity index (χ1v) is 6.18. The van der Waals surface area contributed by atoms with E-state index in [0.29, 0.717) is 5.78 Å². The summed E-state index contributed by atoms with van der Waals surface area (Å²) in [6, 6.07) is 3.95. The van der Waals surface area contributed by atoms with Crippen LogP contribution in [0.1, 0.15) is 24.1 Å². The summed E-state index contributed by atoms with van der Waals surface area (Å²) in [5, 5.41) is 0. The van der Waals surface area contributed by atoms with Crippen LogP contribution in [0, 0.1) is 12.8 Å². The fourth-order valence-electron chi connectivity index (χ4n) is 2.69. The van der Waals surface area contributed by atoms with Crippen molar-refractivity contribution >= 4 is 11.9 Å². The van der Waals surface area contributed by atoms with Gasteiger partial charge in [-0.25, -0.2) is 0 Å². The van der Waals surface area contributed by atoms with Crippen molar-refractivity contribution in [3.05, 3.63) is 35.3 Å². The lowest BCUT2D eigenvalue weighted by Crippen LogP contribution is -2.45. The van der Waals surface area contributed by atoms with Gasteiger partial charge in [0.15, 0.2) is 5.78 Å². The molecule has 0 aliphatic carbocycles. The predicted octanol–water partition coefficient (Wildman–Crippen LogP) is 2.03. The number of nitrogens with zero attached hydrogens (tertiary/aromatic N) is 2. The van der Waals surface area contributed by atoms with Crippen molar-refractivity contribution in [3.63, 3.8) is 0 Å². The minimum atomic E-state index is 0.260. The summed E-state index contributed by atoms with van der Waals surface area (Å²) in [5.74, 6) is 0.572. The third kappa shape index (κ3) is 1.75. The number of carbonyl (C=O) groups is 1. The first kappa shape index (κ1) is 10.5. The number of allylic oxidation sites excluding steroid dienone is 1. The lowest BCUT2D eigenvalue weighted by Gasteiger charge is -2.41. The Morgan fingerprint density at radius 1 is 1.41 bits per heavy atom. The van der Waals surface area contributed by atoms with Gasteiger partial charge in [-0.1, -0.05) is 6.07 Å². The molecule has 0 N–H and O–H groups in total. The van der Waals surface area contributed by atoms with Gasteiger partial charge in [0, 0.05) is 25.2 Å². The molecule has 3 nitrogen and oxygen atoms in total. The number of pyridine rings is 1. The van der Waals surface area contributed by atoms with Crippen LogP contribution in [0.5, 0.6) is 0 Å². The van der Waals surface area contributed by atoms with Gasteiger partial charge in [0.05, 0.1) is 11.4 Å². The van der Waals surface area contributed by atoms with Gasteiger partial charge < -0.3 is 4.90 Å². The average molecular weight is 228 g/mol. The largest absolute Gasteiger partial charge is 0.369 e. The normalized spacial score (nSPS) is 22.5. The molecule has 3 saturated heterocycles. The van der Waals surface area contributed by atoms with E-state index >= 15 is 0 Å². The Morgan fingerprint density at radius 2 is 2.18 bits per heavy atom. The van der Waals surface area contributed by atoms with Crippen LogP contribution >= 0.6 is 0 Å². The van der Waals surface area contributed by atoms with E-state index in [9.17, 15) is 4.79 Å². The number of hydrogen-bond donors (Lipinski definition) is 0. The van der Waals surface area contributed by atoms with Crippen molar-refractivity contribution in [2.24, 2.45) is 5.92 Å². The number of piperidine rings is 3. The Balaban J connectivity index is 1.99. The highest BCUT2D eigenvalue weighted by molar-refractivity contribution is 6.01. The van der Waals surface area contributed by atoms with Gasteiger partial charge in [-0.2, -0.15) is 0 Å². The highest BCUT2D eigenvalue weighted by atomic mass is 16.1. The predicted molar refractivity (Wildman–Crippen MR) is 66.3 cm³/mol. The monoisotopic (exact) mass is 228 g/mol. The molecule has 4 heterocycles. The summed E-state index contributed by atoms with van der Waals surface area (Å²) in [4.78, 5) is 18.7. The van der Waals surface area contributed by atoms with Gasteiger partial charge in [0.25, 0.3) is 0 Å². The fourth-order valence-corrected chi connectivity index (χ4v) is 2.69. The molecule has 1 aromatic rings. The van der Waals surface area contributed by atoms with Gasteiger partial charge >= 0.3 is 0 Å². The second kappa shape index (κ2) is 3.99. The van der Waals surface area contributed by atoms with E-state index < -0.39 is 0 Å². The zero-order valence-electron chi connectivity index (χ0n) is 10.0. The third-order valence-electron chi connectivity index (χ3n) is 3.78. The van der Waals surface area contributed by atoms with Crippen LogP contribution in [0.2, 0.25) is 0 Å². The summed E-state index contributed by atoms with van der Waals surface area (Å²) in [7, 11) is 0. The van der Waals surface area contributed by atoms with Crippen LogP contribution in [-0.2, 0) is 4.79 Å². The molecule has 0 atom stereocenters. The number of hydrogen-bond acceptors (Lipinski definition) is 3. The number of aromatic nitrogens is 1. The maximum absolute atomic E-state index is 12.2. The van der Waals surface area contributed by atoms with Crippen molar-refractivity contribution in [3.8, 4) is 0 Å². The van der Waals surface area contributed by atoms with Crippen LogP contribution < -0.4 is 0 Å². The molecule has 0 saturated carbocycles. The maximum atomic E-state index is 12.2. The first-order chi connectivity index (χ1) is 8.25. The Bertz CT molecular complexity index is 485. The lowest BCUT2D eigenvalue weighted by molar-refractivity contribution is -0.125. The number of carbonyl (C=O) groups excluding carboxylic acids is 1. The molecule has 0 radical (unpaired) electrons. The molecule has 0 unspecified atom stereocenters. The highest BCUT2D eigenvalue weighted by Gasteiger charge is 2.36. The molecule has 17 heavy (non-hydrogen) atoms. The van der Waals surface area contributed by atoms with Crippen molar-refractivity contribution < 1.29 is 4.79 Å². The Labute approximate surface area is 101 Å². The lowest BCUT2D eigenvalue weighted by atomic mass is 9.84. The number of Topliss-reactive ketones (excluding diaryl/α,β-unsaturated/α-hetero) is 1. The minimum Gasteiger partial charge on any atom is -0.369 e. The van der Waals surface area contributed by atoms with Gasteiger partial charge in [-0.3, -0.25) is 9.78 Å². The SMILES string of the molecule is Cc1cccnc1/C=C1/C(=O)C2CCN1CC2. The molecule has 3 heteroatoms. The molecule has 3 aliphatic rings. The minimum absolute atomic E-state index is 0.260. The Morgan fingerprint density at radius 3 is 2.82 bits per heavy atom. The van der Waals surface area contributed by atoms with E-state index in [1.807, 2.05) is 25.1 Å². The summed E-state index contributed by atoms with van der Waals surface area (Å²) < 4.78 is 0. The van der Waals surface area contributed by atoms with Crippen LogP contribution in [0.15, 0.2) is 24.0 Å². The molecule has 88 valence electrons. The van der Waals surface area contributed by atoms with E-state index in [1.54, 1.807) is 6.20 Å². The molecule has 0 spiro atoms. The molecule has 1 aromatic heterocycles. The summed E-state index contributed by atoms with van der Waals surface area (Å²) in [5.41, 5.74) is 2.91. The highest BCUT2D eigenvalue weighted by Crippen LogP contribution is 2.32. The van der Waals surface area contributed by atoms with Crippen LogP contribution in [0.4, 0.5) is 0 Å². The number of aryl methyl sites for hydroxylation is 1. The Hall–Kier alpha value is -1.64. The summed E-state index contributed by atoms with van der Waals surface area (Å²) in [6.45, 7) is 4.07. The molecule has 2 bridgehead atoms. The molecule has 0 amide bonds. The van der Waals surface area contributed by atoms with Gasteiger partial charge in [-0.05, 0) is 37.5 Å². The number of fused-ring (bicyclic) bond motifs is 3. The van der Waals surface area contributed by atoms with E-state index in [0.717, 1.165) is 42.9 Å². The van der Waals surface area contributed by atoms with Crippen molar-refractivity contribution in [2.75, 3.05) is 13.1 Å². The maximum Gasteiger partial charge on any atom is 0.182 e. The molecular weight excluding hydrogens is 212 g/mol. The van der Waals surface area contributed by atoms with E-state index in [-0.39, 0.29) is 5.92 Å². The molecule has 0 aromatic carbocycles. The standard InChI is InChI=1S/C14H16N2O/c1-10-3-2-6-15-12(10)9-13-14(17)11-4-7-16(13)8-5-11/h2-3,6,9,11H,4-5,7-8H2,1H3/b13-9-. The second-order valence-corrected chi connectivity index (χ2v) is 4.86. The second-order valence-electron chi connectivity index (χ2n) is 4.86. The fraction of sp³-hybridized carbons (Fsp3) is 0.429. The van der Waals surface area contributed by atoms with Gasteiger partial charge in [-0.15, -0.1) is 0 Å². The zero-order valence-corrected chi connectivity index (χ0v) is 10.0. The summed E-state index contributed by atoms with van der Waals surface area (Å²) in [6.07, 6.45) is 5.79. The quantitative estimate of drug-likeness (QED) is 0.689. The van der Waals surface area contributed by atoms with Gasteiger partial charge in [0.2, 0.25) is 0 Å². The van der Waals surface area contributed by atoms with E-state index in [2.05, 4.69) is 9.88 Å². The van der Waals surface area contributed by atoms with Crippen LogP contribution in [0.3, 0.4) is 0 Å².